The van der Waals surface area contributed by atoms with Crippen LogP contribution in [0.2, 0.25) is 0 Å². The third-order valence-electron chi connectivity index (χ3n) is 2.93. The zero-order valence-corrected chi connectivity index (χ0v) is 10.9. The van der Waals surface area contributed by atoms with E-state index in [1.54, 1.807) is 12.1 Å². The van der Waals surface area contributed by atoms with Gasteiger partial charge in [0, 0.05) is 13.1 Å². The van der Waals surface area contributed by atoms with Gasteiger partial charge < -0.3 is 4.90 Å². The molecule has 1 aromatic rings. The van der Waals surface area contributed by atoms with Gasteiger partial charge in [-0.25, -0.2) is 4.39 Å². The Kier molecular flexibility index (Phi) is 4.51. The molecule has 1 unspecified atom stereocenters. The molecule has 0 spiro atoms. The number of anilines is 1. The van der Waals surface area contributed by atoms with E-state index in [0.717, 1.165) is 6.42 Å². The van der Waals surface area contributed by atoms with E-state index < -0.39 is 0 Å². The topological polar surface area (TPSA) is 27.0 Å². The normalized spacial score (nSPS) is 12.3. The Morgan fingerprint density at radius 3 is 2.47 bits per heavy atom. The molecule has 0 radical (unpaired) electrons. The molecule has 0 aliphatic heterocycles. The quantitative estimate of drug-likeness (QED) is 0.796. The molecule has 0 fully saturated rings. The Morgan fingerprint density at radius 2 is 2.00 bits per heavy atom. The summed E-state index contributed by atoms with van der Waals surface area (Å²) in [6.45, 7) is 6.39. The molecule has 0 heterocycles. The van der Waals surface area contributed by atoms with Crippen molar-refractivity contribution in [2.24, 2.45) is 5.92 Å². The SMILES string of the molecule is CC(C)CC(C)N(C)c1ccc(C#N)cc1F. The second-order valence-corrected chi connectivity index (χ2v) is 4.87. The lowest BCUT2D eigenvalue weighted by Gasteiger charge is -2.28. The molecular weight excluding hydrogens is 215 g/mol. The first-order valence-electron chi connectivity index (χ1n) is 5.88. The Labute approximate surface area is 103 Å². The number of halogens is 1. The number of nitrogens with zero attached hydrogens (tertiary/aromatic N) is 2. The summed E-state index contributed by atoms with van der Waals surface area (Å²) < 4.78 is 13.8. The maximum atomic E-state index is 13.8. The van der Waals surface area contributed by atoms with Gasteiger partial charge in [0.1, 0.15) is 5.82 Å². The summed E-state index contributed by atoms with van der Waals surface area (Å²) in [5, 5.41) is 8.69. The molecule has 1 rings (SSSR count). The first kappa shape index (κ1) is 13.5. The fraction of sp³-hybridized carbons (Fsp3) is 0.500. The minimum atomic E-state index is -0.331. The molecule has 0 bridgehead atoms. The lowest BCUT2D eigenvalue weighted by molar-refractivity contribution is 0.498. The summed E-state index contributed by atoms with van der Waals surface area (Å²) in [6, 6.07) is 6.82. The van der Waals surface area contributed by atoms with Crippen LogP contribution in [0.1, 0.15) is 32.8 Å². The van der Waals surface area contributed by atoms with Gasteiger partial charge in [0.25, 0.3) is 0 Å². The van der Waals surface area contributed by atoms with E-state index in [0.29, 0.717) is 17.2 Å². The zero-order chi connectivity index (χ0) is 13.0. The number of hydrogen-bond acceptors (Lipinski definition) is 2. The van der Waals surface area contributed by atoms with Crippen LogP contribution in [-0.4, -0.2) is 13.1 Å². The predicted molar refractivity (Wildman–Crippen MR) is 68.4 cm³/mol. The standard InChI is InChI=1S/C14H19FN2/c1-10(2)7-11(3)17(4)14-6-5-12(9-16)8-13(14)15/h5-6,8,10-11H,7H2,1-4H3. The molecule has 1 atom stereocenters. The molecule has 0 amide bonds. The highest BCUT2D eigenvalue weighted by Crippen LogP contribution is 2.23. The lowest BCUT2D eigenvalue weighted by atomic mass is 10.0. The van der Waals surface area contributed by atoms with Crippen LogP contribution in [0, 0.1) is 23.1 Å². The molecule has 17 heavy (non-hydrogen) atoms. The fourth-order valence-corrected chi connectivity index (χ4v) is 1.94. The molecule has 0 aromatic heterocycles. The highest BCUT2D eigenvalue weighted by atomic mass is 19.1. The van der Waals surface area contributed by atoms with Gasteiger partial charge in [-0.1, -0.05) is 13.8 Å². The molecule has 2 nitrogen and oxygen atoms in total. The van der Waals surface area contributed by atoms with Crippen molar-refractivity contribution in [2.75, 3.05) is 11.9 Å². The van der Waals surface area contributed by atoms with Crippen LogP contribution in [0.25, 0.3) is 0 Å². The summed E-state index contributed by atoms with van der Waals surface area (Å²) in [5.41, 5.74) is 0.910. The number of benzene rings is 1. The second-order valence-electron chi connectivity index (χ2n) is 4.87. The smallest absolute Gasteiger partial charge is 0.147 e. The third-order valence-corrected chi connectivity index (χ3v) is 2.93. The zero-order valence-electron chi connectivity index (χ0n) is 10.9. The Hall–Kier alpha value is -1.56. The van der Waals surface area contributed by atoms with Crippen molar-refractivity contribution in [3.05, 3.63) is 29.6 Å². The molecule has 0 aliphatic rings. The number of nitriles is 1. The molecule has 3 heteroatoms. The minimum Gasteiger partial charge on any atom is -0.370 e. The summed E-state index contributed by atoms with van der Waals surface area (Å²) in [6.07, 6.45) is 1.01. The maximum Gasteiger partial charge on any atom is 0.147 e. The van der Waals surface area contributed by atoms with Gasteiger partial charge in [-0.3, -0.25) is 0 Å². The van der Waals surface area contributed by atoms with Gasteiger partial charge in [0.15, 0.2) is 0 Å². The average molecular weight is 234 g/mol. The first-order valence-corrected chi connectivity index (χ1v) is 5.88. The highest BCUT2D eigenvalue weighted by Gasteiger charge is 2.15. The first-order chi connectivity index (χ1) is 7.95. The van der Waals surface area contributed by atoms with E-state index >= 15 is 0 Å². The van der Waals surface area contributed by atoms with Crippen molar-refractivity contribution in [2.45, 2.75) is 33.2 Å². The van der Waals surface area contributed by atoms with Gasteiger partial charge in [0.2, 0.25) is 0 Å². The van der Waals surface area contributed by atoms with Gasteiger partial charge in [-0.05, 0) is 37.5 Å². The molecule has 0 saturated heterocycles. The Balaban J connectivity index is 2.89. The van der Waals surface area contributed by atoms with Crippen molar-refractivity contribution in [3.63, 3.8) is 0 Å². The molecule has 0 saturated carbocycles. The van der Waals surface area contributed by atoms with Crippen molar-refractivity contribution in [1.29, 1.82) is 5.26 Å². The van der Waals surface area contributed by atoms with Crippen molar-refractivity contribution >= 4 is 5.69 Å². The van der Waals surface area contributed by atoms with Crippen LogP contribution in [0.3, 0.4) is 0 Å². The summed E-state index contributed by atoms with van der Waals surface area (Å²) in [7, 11) is 1.89. The van der Waals surface area contributed by atoms with Crippen LogP contribution in [0.4, 0.5) is 10.1 Å². The van der Waals surface area contributed by atoms with E-state index in [2.05, 4.69) is 20.8 Å². The summed E-state index contributed by atoms with van der Waals surface area (Å²) >= 11 is 0. The van der Waals surface area contributed by atoms with E-state index in [9.17, 15) is 4.39 Å². The van der Waals surface area contributed by atoms with Crippen molar-refractivity contribution < 1.29 is 4.39 Å². The van der Waals surface area contributed by atoms with Gasteiger partial charge in [-0.15, -0.1) is 0 Å². The molecule has 0 N–H and O–H groups in total. The van der Waals surface area contributed by atoms with E-state index in [-0.39, 0.29) is 11.9 Å². The fourth-order valence-electron chi connectivity index (χ4n) is 1.94. The predicted octanol–water partition coefficient (Wildman–Crippen LogP) is 3.57. The van der Waals surface area contributed by atoms with Gasteiger partial charge >= 0.3 is 0 Å². The molecule has 1 aromatic carbocycles. The van der Waals surface area contributed by atoms with E-state index in [1.807, 2.05) is 18.0 Å². The maximum absolute atomic E-state index is 13.8. The summed E-state index contributed by atoms with van der Waals surface area (Å²) in [5.74, 6) is 0.246. The van der Waals surface area contributed by atoms with E-state index in [4.69, 9.17) is 5.26 Å². The Bertz CT molecular complexity index is 421. The second kappa shape index (κ2) is 5.67. The third kappa shape index (κ3) is 3.45. The molecule has 0 aliphatic carbocycles. The van der Waals surface area contributed by atoms with E-state index in [1.165, 1.54) is 6.07 Å². The minimum absolute atomic E-state index is 0.275. The van der Waals surface area contributed by atoms with Crippen LogP contribution >= 0.6 is 0 Å². The largest absolute Gasteiger partial charge is 0.370 e. The number of hydrogen-bond donors (Lipinski definition) is 0. The number of rotatable bonds is 4. The monoisotopic (exact) mass is 234 g/mol. The van der Waals surface area contributed by atoms with Crippen LogP contribution in [-0.2, 0) is 0 Å². The van der Waals surface area contributed by atoms with Crippen molar-refractivity contribution in [1.82, 2.24) is 0 Å². The van der Waals surface area contributed by atoms with Crippen LogP contribution < -0.4 is 4.90 Å². The Morgan fingerprint density at radius 1 is 1.35 bits per heavy atom. The highest BCUT2D eigenvalue weighted by molar-refractivity contribution is 5.51. The molecule has 92 valence electrons. The van der Waals surface area contributed by atoms with Crippen LogP contribution in [0.5, 0.6) is 0 Å². The average Bonchev–Trinajstić information content (AvgIpc) is 2.27. The van der Waals surface area contributed by atoms with Crippen molar-refractivity contribution in [3.8, 4) is 6.07 Å². The lowest BCUT2D eigenvalue weighted by Crippen LogP contribution is -2.30. The van der Waals surface area contributed by atoms with Gasteiger partial charge in [-0.2, -0.15) is 5.26 Å². The summed E-state index contributed by atoms with van der Waals surface area (Å²) in [4.78, 5) is 1.93. The van der Waals surface area contributed by atoms with Gasteiger partial charge in [0.05, 0.1) is 17.3 Å². The molecular formula is C14H19FN2. The van der Waals surface area contributed by atoms with Crippen LogP contribution in [0.15, 0.2) is 18.2 Å².